The third-order valence-electron chi connectivity index (χ3n) is 4.55. The van der Waals surface area contributed by atoms with Crippen LogP contribution >= 0.6 is 11.8 Å². The van der Waals surface area contributed by atoms with E-state index in [4.69, 9.17) is 0 Å². The molecule has 3 nitrogen and oxygen atoms in total. The summed E-state index contributed by atoms with van der Waals surface area (Å²) in [5, 5.41) is 3.72. The lowest BCUT2D eigenvalue weighted by molar-refractivity contribution is 0.0838. The van der Waals surface area contributed by atoms with Gasteiger partial charge < -0.3 is 10.2 Å². The maximum atomic E-state index is 3.72. The summed E-state index contributed by atoms with van der Waals surface area (Å²) in [5.74, 6) is 2.64. The summed E-state index contributed by atoms with van der Waals surface area (Å²) < 4.78 is 0. The number of hydrogen-bond acceptors (Lipinski definition) is 4. The predicted molar refractivity (Wildman–Crippen MR) is 86.0 cm³/mol. The van der Waals surface area contributed by atoms with E-state index in [0.717, 1.165) is 6.54 Å². The lowest BCUT2D eigenvalue weighted by Crippen LogP contribution is -2.60. The first-order chi connectivity index (χ1) is 8.97. The van der Waals surface area contributed by atoms with Crippen LogP contribution in [0.25, 0.3) is 0 Å². The van der Waals surface area contributed by atoms with Gasteiger partial charge in [-0.25, -0.2) is 0 Å². The zero-order valence-corrected chi connectivity index (χ0v) is 13.9. The summed E-state index contributed by atoms with van der Waals surface area (Å²) >= 11 is 2.10. The number of piperazine rings is 1. The van der Waals surface area contributed by atoms with E-state index in [0.29, 0.717) is 17.5 Å². The van der Waals surface area contributed by atoms with Crippen LogP contribution in [-0.4, -0.2) is 72.7 Å². The van der Waals surface area contributed by atoms with Crippen LogP contribution in [0.4, 0.5) is 0 Å². The van der Waals surface area contributed by atoms with Gasteiger partial charge in [0.05, 0.1) is 0 Å². The topological polar surface area (TPSA) is 18.5 Å². The molecule has 0 spiro atoms. The van der Waals surface area contributed by atoms with Crippen molar-refractivity contribution in [1.82, 2.24) is 15.1 Å². The van der Waals surface area contributed by atoms with Gasteiger partial charge >= 0.3 is 0 Å². The Morgan fingerprint density at radius 3 is 2.47 bits per heavy atom. The van der Waals surface area contributed by atoms with E-state index in [1.165, 1.54) is 44.2 Å². The van der Waals surface area contributed by atoms with E-state index in [-0.39, 0.29) is 0 Å². The molecule has 0 saturated carbocycles. The molecule has 2 fully saturated rings. The fourth-order valence-corrected chi connectivity index (χ4v) is 3.89. The first-order valence-corrected chi connectivity index (χ1v) is 8.90. The number of hydrogen-bond donors (Lipinski definition) is 1. The summed E-state index contributed by atoms with van der Waals surface area (Å²) in [7, 11) is 0. The van der Waals surface area contributed by atoms with Gasteiger partial charge in [-0.05, 0) is 12.3 Å². The maximum absolute atomic E-state index is 3.72. The Morgan fingerprint density at radius 1 is 1.16 bits per heavy atom. The Kier molecular flexibility index (Phi) is 5.58. The van der Waals surface area contributed by atoms with Crippen LogP contribution in [0.2, 0.25) is 0 Å². The molecule has 2 heterocycles. The monoisotopic (exact) mass is 285 g/mol. The SMILES string of the molecule is CC1CNC(C(C)(C)C)CN1CCN1CCSCC1. The summed E-state index contributed by atoms with van der Waals surface area (Å²) in [6.45, 7) is 16.8. The molecule has 2 aliphatic heterocycles. The van der Waals surface area contributed by atoms with Crippen LogP contribution in [0.15, 0.2) is 0 Å². The smallest absolute Gasteiger partial charge is 0.0244 e. The molecule has 2 aliphatic rings. The molecule has 2 saturated heterocycles. The third kappa shape index (κ3) is 4.62. The van der Waals surface area contributed by atoms with Crippen molar-refractivity contribution in [2.45, 2.75) is 39.8 Å². The number of nitrogens with zero attached hydrogens (tertiary/aromatic N) is 2. The number of rotatable bonds is 3. The molecule has 2 rings (SSSR count). The minimum absolute atomic E-state index is 0.361. The Balaban J connectivity index is 1.80. The van der Waals surface area contributed by atoms with Gasteiger partial charge in [0.2, 0.25) is 0 Å². The van der Waals surface area contributed by atoms with Gasteiger partial charge in [0.15, 0.2) is 0 Å². The average Bonchev–Trinajstić information content (AvgIpc) is 2.37. The zero-order valence-electron chi connectivity index (χ0n) is 13.1. The quantitative estimate of drug-likeness (QED) is 0.851. The Labute approximate surface area is 123 Å². The summed E-state index contributed by atoms with van der Waals surface area (Å²) in [6, 6.07) is 1.30. The summed E-state index contributed by atoms with van der Waals surface area (Å²) in [5.41, 5.74) is 0.361. The molecule has 0 aromatic carbocycles. The lowest BCUT2D eigenvalue weighted by atomic mass is 9.85. The van der Waals surface area contributed by atoms with E-state index >= 15 is 0 Å². The second kappa shape index (κ2) is 6.79. The van der Waals surface area contributed by atoms with Crippen molar-refractivity contribution < 1.29 is 0 Å². The molecule has 1 N–H and O–H groups in total. The second-order valence-electron chi connectivity index (χ2n) is 7.12. The molecular formula is C15H31N3S. The minimum atomic E-state index is 0.361. The molecule has 0 bridgehead atoms. The first kappa shape index (κ1) is 15.6. The van der Waals surface area contributed by atoms with Crippen molar-refractivity contribution in [3.05, 3.63) is 0 Å². The Hall–Kier alpha value is 0.230. The van der Waals surface area contributed by atoms with E-state index in [2.05, 4.69) is 54.6 Å². The second-order valence-corrected chi connectivity index (χ2v) is 8.35. The van der Waals surface area contributed by atoms with Gasteiger partial charge in [-0.1, -0.05) is 20.8 Å². The fourth-order valence-electron chi connectivity index (χ4n) is 2.91. The maximum Gasteiger partial charge on any atom is 0.0244 e. The van der Waals surface area contributed by atoms with Crippen LogP contribution in [-0.2, 0) is 0 Å². The Bertz CT molecular complexity index is 271. The molecule has 0 aromatic heterocycles. The minimum Gasteiger partial charge on any atom is -0.311 e. The molecule has 2 atom stereocenters. The van der Waals surface area contributed by atoms with Gasteiger partial charge in [0, 0.05) is 62.9 Å². The van der Waals surface area contributed by atoms with Crippen molar-refractivity contribution in [3.8, 4) is 0 Å². The van der Waals surface area contributed by atoms with Gasteiger partial charge in [0.25, 0.3) is 0 Å². The lowest BCUT2D eigenvalue weighted by Gasteiger charge is -2.44. The molecule has 4 heteroatoms. The standard InChI is InChI=1S/C15H31N3S/c1-13-11-16-14(15(2,3)4)12-18(13)6-5-17-7-9-19-10-8-17/h13-14,16H,5-12H2,1-4H3. The van der Waals surface area contributed by atoms with E-state index in [1.807, 2.05) is 0 Å². The highest BCUT2D eigenvalue weighted by atomic mass is 32.2. The molecule has 0 aromatic rings. The number of nitrogens with one attached hydrogen (secondary N) is 1. The zero-order chi connectivity index (χ0) is 13.9. The molecule has 0 aliphatic carbocycles. The average molecular weight is 286 g/mol. The summed E-state index contributed by atoms with van der Waals surface area (Å²) in [4.78, 5) is 5.32. The number of thioether (sulfide) groups is 1. The van der Waals surface area contributed by atoms with Crippen LogP contribution in [0, 0.1) is 5.41 Å². The highest BCUT2D eigenvalue weighted by Crippen LogP contribution is 2.23. The highest BCUT2D eigenvalue weighted by molar-refractivity contribution is 7.99. The van der Waals surface area contributed by atoms with Gasteiger partial charge in [0.1, 0.15) is 0 Å². The normalized spacial score (nSPS) is 31.6. The molecule has 0 radical (unpaired) electrons. The molecule has 112 valence electrons. The molecular weight excluding hydrogens is 254 g/mol. The largest absolute Gasteiger partial charge is 0.311 e. The van der Waals surface area contributed by atoms with Gasteiger partial charge in [-0.3, -0.25) is 4.90 Å². The third-order valence-corrected chi connectivity index (χ3v) is 5.50. The van der Waals surface area contributed by atoms with E-state index in [9.17, 15) is 0 Å². The summed E-state index contributed by atoms with van der Waals surface area (Å²) in [6.07, 6.45) is 0. The van der Waals surface area contributed by atoms with Crippen LogP contribution in [0.1, 0.15) is 27.7 Å². The fraction of sp³-hybridized carbons (Fsp3) is 1.00. The van der Waals surface area contributed by atoms with Crippen molar-refractivity contribution in [1.29, 1.82) is 0 Å². The predicted octanol–water partition coefficient (Wildman–Crippen LogP) is 1.74. The van der Waals surface area contributed by atoms with E-state index in [1.54, 1.807) is 0 Å². The van der Waals surface area contributed by atoms with Gasteiger partial charge in [-0.15, -0.1) is 0 Å². The van der Waals surface area contributed by atoms with Crippen LogP contribution in [0.3, 0.4) is 0 Å². The van der Waals surface area contributed by atoms with Crippen molar-refractivity contribution in [3.63, 3.8) is 0 Å². The molecule has 2 unspecified atom stereocenters. The van der Waals surface area contributed by atoms with Crippen molar-refractivity contribution in [2.75, 3.05) is 50.8 Å². The highest BCUT2D eigenvalue weighted by Gasteiger charge is 2.32. The van der Waals surface area contributed by atoms with Gasteiger partial charge in [-0.2, -0.15) is 11.8 Å². The molecule has 19 heavy (non-hydrogen) atoms. The first-order valence-electron chi connectivity index (χ1n) is 7.74. The Morgan fingerprint density at radius 2 is 1.84 bits per heavy atom. The van der Waals surface area contributed by atoms with Crippen LogP contribution < -0.4 is 5.32 Å². The van der Waals surface area contributed by atoms with Crippen molar-refractivity contribution in [2.24, 2.45) is 5.41 Å². The van der Waals surface area contributed by atoms with E-state index < -0.39 is 0 Å². The molecule has 0 amide bonds. The van der Waals surface area contributed by atoms with Crippen LogP contribution in [0.5, 0.6) is 0 Å². The van der Waals surface area contributed by atoms with Crippen molar-refractivity contribution >= 4 is 11.8 Å².